The van der Waals surface area contributed by atoms with Gasteiger partial charge in [-0.05, 0) is 5.92 Å². The molecule has 3 unspecified atom stereocenters. The summed E-state index contributed by atoms with van der Waals surface area (Å²) in [4.78, 5) is 21.8. The number of carbonyl (C=O) groups excluding carboxylic acids is 2. The van der Waals surface area contributed by atoms with Gasteiger partial charge >= 0.3 is 11.9 Å². The molecule has 4 heteroatoms. The van der Waals surface area contributed by atoms with Gasteiger partial charge in [-0.1, -0.05) is 13.8 Å². The molecule has 0 aromatic heterocycles. The Morgan fingerprint density at radius 1 is 1.36 bits per heavy atom. The zero-order chi connectivity index (χ0) is 8.59. The summed E-state index contributed by atoms with van der Waals surface area (Å²) in [6.07, 6.45) is 0. The second-order valence-corrected chi connectivity index (χ2v) is 3.75. The first kappa shape index (κ1) is 8.66. The Hall–Kier alpha value is -0.430. The lowest BCUT2D eigenvalue weighted by Crippen LogP contribution is -2.22. The summed E-state index contributed by atoms with van der Waals surface area (Å²) in [6.45, 7) is 3.81. The maximum Gasteiger partial charge on any atom is 0.321 e. The molecule has 1 rings (SSSR count). The molecule has 0 aromatic carbocycles. The fraction of sp³-hybridized carbons (Fsp3) is 0.714. The summed E-state index contributed by atoms with van der Waals surface area (Å²) in [5, 5.41) is 0. The van der Waals surface area contributed by atoms with Crippen molar-refractivity contribution in [1.29, 1.82) is 0 Å². The molecule has 0 aromatic rings. The lowest BCUT2D eigenvalue weighted by atomic mass is 9.94. The number of hydrogen-bond acceptors (Lipinski definition) is 3. The van der Waals surface area contributed by atoms with Crippen LogP contribution in [0.25, 0.3) is 0 Å². The van der Waals surface area contributed by atoms with Gasteiger partial charge in [-0.3, -0.25) is 9.59 Å². The third kappa shape index (κ3) is 1.43. The topological polar surface area (TPSA) is 43.4 Å². The van der Waals surface area contributed by atoms with Crippen LogP contribution < -0.4 is 0 Å². The smallest absolute Gasteiger partial charge is 0.321 e. The third-order valence-corrected chi connectivity index (χ3v) is 2.54. The quantitative estimate of drug-likeness (QED) is 0.332. The normalized spacial score (nSPS) is 31.3. The lowest BCUT2D eigenvalue weighted by molar-refractivity contribution is -0.153. The monoisotopic (exact) mass is 174 g/mol. The lowest BCUT2D eigenvalue weighted by Gasteiger charge is -2.11. The fourth-order valence-electron chi connectivity index (χ4n) is 1.22. The minimum atomic E-state index is -0.418. The van der Waals surface area contributed by atoms with Gasteiger partial charge in [0.1, 0.15) is 0 Å². The summed E-state index contributed by atoms with van der Waals surface area (Å²) in [6, 6.07) is 0. The molecule has 0 bridgehead atoms. The maximum atomic E-state index is 11.0. The standard InChI is InChI=1S/C7H11O3P/c1-3(2)4-5(11)7(9)10-6(4)8/h3-5H,11H2,1-2H3. The maximum absolute atomic E-state index is 11.0. The van der Waals surface area contributed by atoms with Crippen molar-refractivity contribution in [2.45, 2.75) is 19.5 Å². The number of carbonyl (C=O) groups is 2. The molecule has 1 aliphatic heterocycles. The van der Waals surface area contributed by atoms with Crippen molar-refractivity contribution in [1.82, 2.24) is 0 Å². The molecule has 1 heterocycles. The molecule has 0 saturated carbocycles. The predicted octanol–water partition coefficient (Wildman–Crippen LogP) is 0.586. The van der Waals surface area contributed by atoms with Gasteiger partial charge in [0.05, 0.1) is 11.6 Å². The van der Waals surface area contributed by atoms with E-state index in [0.717, 1.165) is 0 Å². The average molecular weight is 174 g/mol. The van der Waals surface area contributed by atoms with Crippen LogP contribution in [0, 0.1) is 11.8 Å². The molecule has 0 spiro atoms. The Bertz CT molecular complexity index is 200. The van der Waals surface area contributed by atoms with Gasteiger partial charge in [-0.15, -0.1) is 9.24 Å². The highest BCUT2D eigenvalue weighted by Crippen LogP contribution is 2.29. The van der Waals surface area contributed by atoms with Crippen molar-refractivity contribution in [3.05, 3.63) is 0 Å². The van der Waals surface area contributed by atoms with Gasteiger partial charge in [0, 0.05) is 0 Å². The first-order chi connectivity index (χ1) is 5.04. The second kappa shape index (κ2) is 2.90. The molecule has 1 fully saturated rings. The van der Waals surface area contributed by atoms with Crippen LogP contribution in [-0.4, -0.2) is 17.6 Å². The second-order valence-electron chi connectivity index (χ2n) is 3.04. The van der Waals surface area contributed by atoms with E-state index in [9.17, 15) is 9.59 Å². The molecular formula is C7H11O3P. The molecular weight excluding hydrogens is 163 g/mol. The zero-order valence-corrected chi connectivity index (χ0v) is 7.69. The molecule has 0 aliphatic carbocycles. The molecule has 0 radical (unpaired) electrons. The molecule has 1 aliphatic rings. The largest absolute Gasteiger partial charge is 0.392 e. The van der Waals surface area contributed by atoms with E-state index in [0.29, 0.717) is 0 Å². The first-order valence-corrected chi connectivity index (χ1v) is 4.22. The average Bonchev–Trinajstić information content (AvgIpc) is 2.07. The fourth-order valence-corrected chi connectivity index (χ4v) is 1.88. The zero-order valence-electron chi connectivity index (χ0n) is 6.53. The summed E-state index contributed by atoms with van der Waals surface area (Å²) in [7, 11) is 2.35. The Labute approximate surface area is 67.7 Å². The van der Waals surface area contributed by atoms with E-state index in [2.05, 4.69) is 14.0 Å². The first-order valence-electron chi connectivity index (χ1n) is 3.55. The van der Waals surface area contributed by atoms with Crippen molar-refractivity contribution in [2.24, 2.45) is 11.8 Å². The molecule has 62 valence electrons. The van der Waals surface area contributed by atoms with Crippen molar-refractivity contribution < 1.29 is 14.3 Å². The summed E-state index contributed by atoms with van der Waals surface area (Å²) in [5.74, 6) is -0.910. The minimum Gasteiger partial charge on any atom is -0.392 e. The van der Waals surface area contributed by atoms with Crippen LogP contribution in [0.1, 0.15) is 13.8 Å². The number of rotatable bonds is 1. The number of hydrogen-bond donors (Lipinski definition) is 0. The van der Waals surface area contributed by atoms with E-state index in [1.165, 1.54) is 0 Å². The molecule has 3 nitrogen and oxygen atoms in total. The van der Waals surface area contributed by atoms with Crippen LogP contribution in [0.5, 0.6) is 0 Å². The van der Waals surface area contributed by atoms with Gasteiger partial charge in [-0.25, -0.2) is 0 Å². The van der Waals surface area contributed by atoms with Crippen molar-refractivity contribution in [3.63, 3.8) is 0 Å². The van der Waals surface area contributed by atoms with E-state index in [1.54, 1.807) is 0 Å². The summed E-state index contributed by atoms with van der Waals surface area (Å²) >= 11 is 0. The van der Waals surface area contributed by atoms with Crippen LogP contribution in [0.4, 0.5) is 0 Å². The SMILES string of the molecule is CC(C)C1C(=O)OC(=O)C1P. The Kier molecular flexibility index (Phi) is 2.28. The number of cyclic esters (lactones) is 2. The Balaban J connectivity index is 2.79. The van der Waals surface area contributed by atoms with E-state index < -0.39 is 5.97 Å². The Morgan fingerprint density at radius 2 is 1.91 bits per heavy atom. The minimum absolute atomic E-state index is 0.163. The van der Waals surface area contributed by atoms with E-state index in [-0.39, 0.29) is 23.5 Å². The van der Waals surface area contributed by atoms with Gasteiger partial charge in [0.15, 0.2) is 0 Å². The molecule has 0 N–H and O–H groups in total. The van der Waals surface area contributed by atoms with E-state index >= 15 is 0 Å². The van der Waals surface area contributed by atoms with E-state index in [4.69, 9.17) is 0 Å². The van der Waals surface area contributed by atoms with Crippen molar-refractivity contribution in [3.8, 4) is 0 Å². The van der Waals surface area contributed by atoms with Crippen LogP contribution in [0.2, 0.25) is 0 Å². The highest BCUT2D eigenvalue weighted by Gasteiger charge is 2.42. The number of esters is 2. The van der Waals surface area contributed by atoms with E-state index in [1.807, 2.05) is 13.8 Å². The van der Waals surface area contributed by atoms with Crippen LogP contribution in [0.15, 0.2) is 0 Å². The van der Waals surface area contributed by atoms with Crippen molar-refractivity contribution in [2.75, 3.05) is 0 Å². The molecule has 1 saturated heterocycles. The van der Waals surface area contributed by atoms with Gasteiger partial charge in [0.25, 0.3) is 0 Å². The summed E-state index contributed by atoms with van der Waals surface area (Å²) in [5.41, 5.74) is -0.345. The molecule has 11 heavy (non-hydrogen) atoms. The van der Waals surface area contributed by atoms with Crippen LogP contribution in [-0.2, 0) is 14.3 Å². The molecule has 0 amide bonds. The molecule has 3 atom stereocenters. The Morgan fingerprint density at radius 3 is 2.09 bits per heavy atom. The van der Waals surface area contributed by atoms with Gasteiger partial charge in [-0.2, -0.15) is 0 Å². The predicted molar refractivity (Wildman–Crippen MR) is 42.9 cm³/mol. The highest BCUT2D eigenvalue weighted by atomic mass is 31.0. The number of ether oxygens (including phenoxy) is 1. The summed E-state index contributed by atoms with van der Waals surface area (Å²) < 4.78 is 4.45. The van der Waals surface area contributed by atoms with Crippen LogP contribution >= 0.6 is 9.24 Å². The van der Waals surface area contributed by atoms with Crippen molar-refractivity contribution >= 4 is 21.2 Å². The third-order valence-electron chi connectivity index (χ3n) is 1.85. The van der Waals surface area contributed by atoms with Gasteiger partial charge in [0.2, 0.25) is 0 Å². The van der Waals surface area contributed by atoms with Gasteiger partial charge < -0.3 is 4.74 Å². The highest BCUT2D eigenvalue weighted by molar-refractivity contribution is 7.19. The van der Waals surface area contributed by atoms with Crippen LogP contribution in [0.3, 0.4) is 0 Å².